The first-order valence-corrected chi connectivity index (χ1v) is 5.69. The Morgan fingerprint density at radius 1 is 1.15 bits per heavy atom. The van der Waals surface area contributed by atoms with Crippen LogP contribution < -0.4 is 5.32 Å². The fourth-order valence-corrected chi connectivity index (χ4v) is 2.56. The summed E-state index contributed by atoms with van der Waals surface area (Å²) in [6.07, 6.45) is 9.25. The van der Waals surface area contributed by atoms with Gasteiger partial charge in [-0.1, -0.05) is 19.3 Å². The summed E-state index contributed by atoms with van der Waals surface area (Å²) in [7, 11) is 0. The lowest BCUT2D eigenvalue weighted by Crippen LogP contribution is -2.45. The largest absolute Gasteiger partial charge is 0.396 e. The van der Waals surface area contributed by atoms with Crippen LogP contribution in [0.5, 0.6) is 0 Å². The van der Waals surface area contributed by atoms with Gasteiger partial charge in [-0.3, -0.25) is 0 Å². The van der Waals surface area contributed by atoms with Gasteiger partial charge in [-0.25, -0.2) is 0 Å². The molecule has 0 unspecified atom stereocenters. The SMILES string of the molecule is OCC1(CNC2CCCC2)CCC1. The molecule has 0 aromatic rings. The summed E-state index contributed by atoms with van der Waals surface area (Å²) in [5.74, 6) is 0. The Morgan fingerprint density at radius 2 is 1.85 bits per heavy atom. The molecule has 2 N–H and O–H groups in total. The Balaban J connectivity index is 1.71. The zero-order valence-electron chi connectivity index (χ0n) is 8.39. The van der Waals surface area contributed by atoms with E-state index in [0.29, 0.717) is 6.61 Å². The van der Waals surface area contributed by atoms with Crippen LogP contribution in [-0.4, -0.2) is 24.3 Å². The zero-order valence-corrected chi connectivity index (χ0v) is 8.39. The van der Waals surface area contributed by atoms with Gasteiger partial charge < -0.3 is 10.4 Å². The minimum Gasteiger partial charge on any atom is -0.396 e. The van der Waals surface area contributed by atoms with Crippen molar-refractivity contribution in [3.8, 4) is 0 Å². The lowest BCUT2D eigenvalue weighted by Gasteiger charge is -2.41. The Labute approximate surface area is 80.7 Å². The molecule has 0 amide bonds. The number of aliphatic hydroxyl groups is 1. The molecule has 76 valence electrons. The molecule has 0 saturated heterocycles. The van der Waals surface area contributed by atoms with Gasteiger partial charge in [0, 0.05) is 24.6 Å². The Bertz CT molecular complexity index is 154. The predicted octanol–water partition coefficient (Wildman–Crippen LogP) is 1.68. The predicted molar refractivity (Wildman–Crippen MR) is 53.6 cm³/mol. The maximum absolute atomic E-state index is 9.27. The van der Waals surface area contributed by atoms with E-state index in [4.69, 9.17) is 0 Å². The average molecular weight is 183 g/mol. The molecule has 13 heavy (non-hydrogen) atoms. The van der Waals surface area contributed by atoms with E-state index < -0.39 is 0 Å². The maximum Gasteiger partial charge on any atom is 0.0499 e. The molecule has 0 spiro atoms. The fourth-order valence-electron chi connectivity index (χ4n) is 2.56. The van der Waals surface area contributed by atoms with Crippen molar-refractivity contribution in [3.63, 3.8) is 0 Å². The lowest BCUT2D eigenvalue weighted by molar-refractivity contribution is 0.0422. The molecule has 2 rings (SSSR count). The molecule has 0 radical (unpaired) electrons. The highest BCUT2D eigenvalue weighted by Gasteiger charge is 2.36. The lowest BCUT2D eigenvalue weighted by atomic mass is 9.69. The third-order valence-electron chi connectivity index (χ3n) is 3.87. The molecular formula is C11H21NO. The molecule has 0 bridgehead atoms. The highest BCUT2D eigenvalue weighted by atomic mass is 16.3. The van der Waals surface area contributed by atoms with Crippen LogP contribution >= 0.6 is 0 Å². The first-order valence-electron chi connectivity index (χ1n) is 5.69. The summed E-state index contributed by atoms with van der Waals surface area (Å²) >= 11 is 0. The average Bonchev–Trinajstić information content (AvgIpc) is 2.56. The molecule has 2 aliphatic carbocycles. The van der Waals surface area contributed by atoms with Crippen LogP contribution in [-0.2, 0) is 0 Å². The van der Waals surface area contributed by atoms with Gasteiger partial charge in [0.2, 0.25) is 0 Å². The fraction of sp³-hybridized carbons (Fsp3) is 1.00. The zero-order chi connectivity index (χ0) is 9.15. The van der Waals surface area contributed by atoms with E-state index in [1.807, 2.05) is 0 Å². The highest BCUT2D eigenvalue weighted by Crippen LogP contribution is 2.40. The van der Waals surface area contributed by atoms with Gasteiger partial charge >= 0.3 is 0 Å². The molecule has 0 aromatic carbocycles. The van der Waals surface area contributed by atoms with Crippen molar-refractivity contribution < 1.29 is 5.11 Å². The van der Waals surface area contributed by atoms with E-state index in [2.05, 4.69) is 5.32 Å². The Morgan fingerprint density at radius 3 is 2.31 bits per heavy atom. The molecule has 0 aromatic heterocycles. The third-order valence-corrected chi connectivity index (χ3v) is 3.87. The van der Waals surface area contributed by atoms with Crippen molar-refractivity contribution in [2.24, 2.45) is 5.41 Å². The van der Waals surface area contributed by atoms with Gasteiger partial charge in [-0.15, -0.1) is 0 Å². The third kappa shape index (κ3) is 2.05. The van der Waals surface area contributed by atoms with E-state index in [-0.39, 0.29) is 5.41 Å². The van der Waals surface area contributed by atoms with Crippen LogP contribution in [0.15, 0.2) is 0 Å². The Hall–Kier alpha value is -0.0800. The van der Waals surface area contributed by atoms with E-state index in [1.165, 1.54) is 44.9 Å². The smallest absolute Gasteiger partial charge is 0.0499 e. The van der Waals surface area contributed by atoms with E-state index in [0.717, 1.165) is 12.6 Å². The van der Waals surface area contributed by atoms with Crippen molar-refractivity contribution in [2.45, 2.75) is 51.0 Å². The summed E-state index contributed by atoms with van der Waals surface area (Å²) in [5, 5.41) is 12.9. The number of hydrogen-bond acceptors (Lipinski definition) is 2. The molecule has 2 fully saturated rings. The molecule has 2 saturated carbocycles. The topological polar surface area (TPSA) is 32.3 Å². The first-order chi connectivity index (χ1) is 6.35. The van der Waals surface area contributed by atoms with Crippen molar-refractivity contribution in [2.75, 3.05) is 13.2 Å². The number of aliphatic hydroxyl groups excluding tert-OH is 1. The summed E-state index contributed by atoms with van der Waals surface area (Å²) < 4.78 is 0. The van der Waals surface area contributed by atoms with Crippen molar-refractivity contribution in [3.05, 3.63) is 0 Å². The maximum atomic E-state index is 9.27. The van der Waals surface area contributed by atoms with Crippen molar-refractivity contribution in [1.29, 1.82) is 0 Å². The quantitative estimate of drug-likeness (QED) is 0.695. The Kier molecular flexibility index (Phi) is 2.89. The van der Waals surface area contributed by atoms with E-state index in [9.17, 15) is 5.11 Å². The molecule has 0 heterocycles. The van der Waals surface area contributed by atoms with Crippen LogP contribution in [0.1, 0.15) is 44.9 Å². The standard InChI is InChI=1S/C11H21NO/c13-9-11(6-3-7-11)8-12-10-4-1-2-5-10/h10,12-13H,1-9H2. The second-order valence-corrected chi connectivity index (χ2v) is 4.87. The van der Waals surface area contributed by atoms with Crippen LogP contribution in [0.2, 0.25) is 0 Å². The summed E-state index contributed by atoms with van der Waals surface area (Å²) in [6.45, 7) is 1.43. The van der Waals surface area contributed by atoms with Crippen molar-refractivity contribution in [1.82, 2.24) is 5.32 Å². The van der Waals surface area contributed by atoms with Gasteiger partial charge in [0.15, 0.2) is 0 Å². The van der Waals surface area contributed by atoms with Gasteiger partial charge in [0.05, 0.1) is 0 Å². The van der Waals surface area contributed by atoms with E-state index >= 15 is 0 Å². The highest BCUT2D eigenvalue weighted by molar-refractivity contribution is 4.90. The molecule has 2 nitrogen and oxygen atoms in total. The first kappa shape index (κ1) is 9.47. The number of hydrogen-bond donors (Lipinski definition) is 2. The van der Waals surface area contributed by atoms with Gasteiger partial charge in [0.1, 0.15) is 0 Å². The second kappa shape index (κ2) is 3.97. The summed E-state index contributed by atoms with van der Waals surface area (Å²) in [4.78, 5) is 0. The summed E-state index contributed by atoms with van der Waals surface area (Å²) in [5.41, 5.74) is 0.266. The summed E-state index contributed by atoms with van der Waals surface area (Å²) in [6, 6.07) is 0.754. The number of rotatable bonds is 4. The molecule has 2 heteroatoms. The monoisotopic (exact) mass is 183 g/mol. The molecule has 0 aliphatic heterocycles. The van der Waals surface area contributed by atoms with Crippen LogP contribution in [0.3, 0.4) is 0 Å². The minimum atomic E-state index is 0.266. The minimum absolute atomic E-state index is 0.266. The normalized spacial score (nSPS) is 27.5. The number of nitrogens with one attached hydrogen (secondary N) is 1. The van der Waals surface area contributed by atoms with E-state index in [1.54, 1.807) is 0 Å². The molecule has 0 atom stereocenters. The molecular weight excluding hydrogens is 162 g/mol. The van der Waals surface area contributed by atoms with Gasteiger partial charge in [0.25, 0.3) is 0 Å². The van der Waals surface area contributed by atoms with Crippen LogP contribution in [0.4, 0.5) is 0 Å². The second-order valence-electron chi connectivity index (χ2n) is 4.87. The van der Waals surface area contributed by atoms with Crippen molar-refractivity contribution >= 4 is 0 Å². The van der Waals surface area contributed by atoms with Gasteiger partial charge in [-0.2, -0.15) is 0 Å². The van der Waals surface area contributed by atoms with Gasteiger partial charge in [-0.05, 0) is 25.7 Å². The van der Waals surface area contributed by atoms with Crippen LogP contribution in [0, 0.1) is 5.41 Å². The van der Waals surface area contributed by atoms with Crippen LogP contribution in [0.25, 0.3) is 0 Å². The molecule has 2 aliphatic rings.